The average molecular weight is 275 g/mol. The number of hydrogen-bond acceptors (Lipinski definition) is 5. The molecule has 0 unspecified atom stereocenters. The van der Waals surface area contributed by atoms with Crippen molar-refractivity contribution in [2.45, 2.75) is 25.4 Å². The van der Waals surface area contributed by atoms with E-state index in [1.807, 2.05) is 0 Å². The Hall–Kier alpha value is -2.37. The lowest BCUT2D eigenvalue weighted by atomic mass is 10.0. The van der Waals surface area contributed by atoms with Crippen LogP contribution < -0.4 is 5.32 Å². The topological polar surface area (TPSA) is 81.7 Å². The van der Waals surface area contributed by atoms with Crippen molar-refractivity contribution >= 4 is 23.5 Å². The number of carbonyl (C=O) groups excluding carboxylic acids is 3. The number of amides is 1. The van der Waals surface area contributed by atoms with Crippen LogP contribution in [-0.4, -0.2) is 30.6 Å². The lowest BCUT2D eigenvalue weighted by Crippen LogP contribution is -2.23. The molecule has 0 spiro atoms. The van der Waals surface area contributed by atoms with Gasteiger partial charge in [-0.25, -0.2) is 9.59 Å². The summed E-state index contributed by atoms with van der Waals surface area (Å²) in [5, 5.41) is 2.74. The van der Waals surface area contributed by atoms with Gasteiger partial charge >= 0.3 is 11.9 Å². The van der Waals surface area contributed by atoms with Gasteiger partial charge in [-0.2, -0.15) is 0 Å². The van der Waals surface area contributed by atoms with Gasteiger partial charge in [0.1, 0.15) is 0 Å². The van der Waals surface area contributed by atoms with E-state index in [9.17, 15) is 14.4 Å². The fourth-order valence-electron chi connectivity index (χ4n) is 2.29. The summed E-state index contributed by atoms with van der Waals surface area (Å²) in [6.45, 7) is 0.285. The third-order valence-electron chi connectivity index (χ3n) is 3.37. The highest BCUT2D eigenvalue weighted by atomic mass is 16.6. The first kappa shape index (κ1) is 12.7. The third-order valence-corrected chi connectivity index (χ3v) is 3.37. The Bertz CT molecular complexity index is 595. The molecule has 1 atom stereocenters. The van der Waals surface area contributed by atoms with Crippen LogP contribution in [0.1, 0.15) is 28.8 Å². The van der Waals surface area contributed by atoms with Gasteiger partial charge in [-0.15, -0.1) is 0 Å². The van der Waals surface area contributed by atoms with Crippen LogP contribution in [-0.2, 0) is 25.5 Å². The molecule has 1 N–H and O–H groups in total. The molecule has 1 amide bonds. The normalized spacial score (nSPS) is 20.9. The number of cyclic esters (lactones) is 1. The second-order valence-corrected chi connectivity index (χ2v) is 4.77. The SMILES string of the molecule is O=C1CCc2cc(C(=O)O[C@H]3CCOC3=O)ccc2N1. The lowest BCUT2D eigenvalue weighted by molar-refractivity contribution is -0.145. The van der Waals surface area contributed by atoms with Crippen molar-refractivity contribution in [3.8, 4) is 0 Å². The van der Waals surface area contributed by atoms with Crippen molar-refractivity contribution in [3.05, 3.63) is 29.3 Å². The smallest absolute Gasteiger partial charge is 0.347 e. The summed E-state index contributed by atoms with van der Waals surface area (Å²) < 4.78 is 9.86. The zero-order valence-electron chi connectivity index (χ0n) is 10.7. The minimum Gasteiger partial charge on any atom is -0.463 e. The third kappa shape index (κ3) is 2.36. The molecule has 1 aromatic rings. The Morgan fingerprint density at radius 3 is 2.90 bits per heavy atom. The first-order valence-electron chi connectivity index (χ1n) is 6.44. The number of fused-ring (bicyclic) bond motifs is 1. The Kier molecular flexibility index (Phi) is 3.14. The molecule has 2 aliphatic heterocycles. The Morgan fingerprint density at radius 1 is 1.30 bits per heavy atom. The highest BCUT2D eigenvalue weighted by molar-refractivity contribution is 5.96. The number of esters is 2. The summed E-state index contributed by atoms with van der Waals surface area (Å²) in [6.07, 6.45) is 0.581. The van der Waals surface area contributed by atoms with Gasteiger partial charge in [0.25, 0.3) is 0 Å². The summed E-state index contributed by atoms with van der Waals surface area (Å²) >= 11 is 0. The molecular formula is C14H13NO5. The number of ether oxygens (including phenoxy) is 2. The number of nitrogens with one attached hydrogen (secondary N) is 1. The fourth-order valence-corrected chi connectivity index (χ4v) is 2.29. The van der Waals surface area contributed by atoms with Crippen molar-refractivity contribution in [2.75, 3.05) is 11.9 Å². The zero-order chi connectivity index (χ0) is 14.1. The molecule has 2 aliphatic rings. The Balaban J connectivity index is 1.75. The van der Waals surface area contributed by atoms with E-state index >= 15 is 0 Å². The van der Waals surface area contributed by atoms with Gasteiger partial charge in [0.05, 0.1) is 12.2 Å². The molecular weight excluding hydrogens is 262 g/mol. The van der Waals surface area contributed by atoms with Crippen LogP contribution in [0.5, 0.6) is 0 Å². The molecule has 0 saturated carbocycles. The van der Waals surface area contributed by atoms with Gasteiger partial charge in [0.15, 0.2) is 0 Å². The maximum atomic E-state index is 12.0. The second kappa shape index (κ2) is 4.96. The van der Waals surface area contributed by atoms with Crippen LogP contribution in [0.4, 0.5) is 5.69 Å². The van der Waals surface area contributed by atoms with E-state index in [-0.39, 0.29) is 12.5 Å². The number of hydrogen-bond donors (Lipinski definition) is 1. The molecule has 0 bridgehead atoms. The van der Waals surface area contributed by atoms with Crippen LogP contribution in [0, 0.1) is 0 Å². The maximum Gasteiger partial charge on any atom is 0.347 e. The van der Waals surface area contributed by atoms with E-state index in [0.717, 1.165) is 11.3 Å². The molecule has 0 aromatic heterocycles. The highest BCUT2D eigenvalue weighted by Gasteiger charge is 2.30. The minimum atomic E-state index is -0.807. The Labute approximate surface area is 115 Å². The quantitative estimate of drug-likeness (QED) is 0.816. The van der Waals surface area contributed by atoms with E-state index in [1.165, 1.54) is 0 Å². The van der Waals surface area contributed by atoms with E-state index in [0.29, 0.717) is 24.8 Å². The summed E-state index contributed by atoms with van der Waals surface area (Å²) in [5.74, 6) is -1.07. The first-order valence-corrected chi connectivity index (χ1v) is 6.44. The molecule has 6 heteroatoms. The van der Waals surface area contributed by atoms with Crippen LogP contribution in [0.15, 0.2) is 18.2 Å². The van der Waals surface area contributed by atoms with Crippen LogP contribution >= 0.6 is 0 Å². The second-order valence-electron chi connectivity index (χ2n) is 4.77. The van der Waals surface area contributed by atoms with E-state index in [1.54, 1.807) is 18.2 Å². The predicted octanol–water partition coefficient (Wildman–Crippen LogP) is 1.04. The van der Waals surface area contributed by atoms with Crippen LogP contribution in [0.3, 0.4) is 0 Å². The van der Waals surface area contributed by atoms with Gasteiger partial charge in [0.2, 0.25) is 12.0 Å². The number of rotatable bonds is 2. The largest absolute Gasteiger partial charge is 0.463 e. The number of benzene rings is 1. The zero-order valence-corrected chi connectivity index (χ0v) is 10.7. The number of carbonyl (C=O) groups is 3. The molecule has 3 rings (SSSR count). The molecule has 0 aliphatic carbocycles. The summed E-state index contributed by atoms with van der Waals surface area (Å²) in [6, 6.07) is 4.94. The van der Waals surface area contributed by atoms with Crippen molar-refractivity contribution < 1.29 is 23.9 Å². The van der Waals surface area contributed by atoms with Crippen LogP contribution in [0.2, 0.25) is 0 Å². The molecule has 2 heterocycles. The fraction of sp³-hybridized carbons (Fsp3) is 0.357. The molecule has 0 radical (unpaired) electrons. The average Bonchev–Trinajstić information content (AvgIpc) is 2.83. The van der Waals surface area contributed by atoms with Crippen LogP contribution in [0.25, 0.3) is 0 Å². The van der Waals surface area contributed by atoms with Crippen molar-refractivity contribution in [1.82, 2.24) is 0 Å². The summed E-state index contributed by atoms with van der Waals surface area (Å²) in [7, 11) is 0. The molecule has 104 valence electrons. The van der Waals surface area contributed by atoms with Gasteiger partial charge in [0, 0.05) is 18.5 Å². The molecule has 1 saturated heterocycles. The molecule has 6 nitrogen and oxygen atoms in total. The molecule has 1 aromatic carbocycles. The van der Waals surface area contributed by atoms with Crippen molar-refractivity contribution in [3.63, 3.8) is 0 Å². The van der Waals surface area contributed by atoms with Gasteiger partial charge in [-0.05, 0) is 30.2 Å². The lowest BCUT2D eigenvalue weighted by Gasteiger charge is -2.17. The number of aryl methyl sites for hydroxylation is 1. The minimum absolute atomic E-state index is 0.0264. The Morgan fingerprint density at radius 2 is 2.15 bits per heavy atom. The highest BCUT2D eigenvalue weighted by Crippen LogP contribution is 2.24. The predicted molar refractivity (Wildman–Crippen MR) is 68.2 cm³/mol. The number of anilines is 1. The van der Waals surface area contributed by atoms with E-state index in [2.05, 4.69) is 5.32 Å². The van der Waals surface area contributed by atoms with Gasteiger partial charge < -0.3 is 14.8 Å². The maximum absolute atomic E-state index is 12.0. The first-order chi connectivity index (χ1) is 9.63. The standard InChI is InChI=1S/C14H13NO5/c16-12-4-2-8-7-9(1-3-10(8)15-12)13(17)20-11-5-6-19-14(11)18/h1,3,7,11H,2,4-6H2,(H,15,16)/t11-/m0/s1. The summed E-state index contributed by atoms with van der Waals surface area (Å²) in [5.41, 5.74) is 1.99. The summed E-state index contributed by atoms with van der Waals surface area (Å²) in [4.78, 5) is 34.5. The van der Waals surface area contributed by atoms with Gasteiger partial charge in [-0.3, -0.25) is 4.79 Å². The molecule has 20 heavy (non-hydrogen) atoms. The van der Waals surface area contributed by atoms with Crippen molar-refractivity contribution in [1.29, 1.82) is 0 Å². The van der Waals surface area contributed by atoms with Crippen molar-refractivity contribution in [2.24, 2.45) is 0 Å². The van der Waals surface area contributed by atoms with Gasteiger partial charge in [-0.1, -0.05) is 0 Å². The molecule has 1 fully saturated rings. The van der Waals surface area contributed by atoms with E-state index in [4.69, 9.17) is 9.47 Å². The monoisotopic (exact) mass is 275 g/mol. The van der Waals surface area contributed by atoms with E-state index < -0.39 is 18.0 Å².